The molecule has 1 aromatic heterocycles. The molecule has 19 heavy (non-hydrogen) atoms. The van der Waals surface area contributed by atoms with Crippen molar-refractivity contribution < 1.29 is 9.90 Å². The third kappa shape index (κ3) is 3.16. The van der Waals surface area contributed by atoms with Gasteiger partial charge in [-0.05, 0) is 56.4 Å². The number of hydrogen-bond donors (Lipinski definition) is 0. The van der Waals surface area contributed by atoms with E-state index in [9.17, 15) is 9.90 Å². The lowest BCUT2D eigenvalue weighted by atomic mass is 10.1. The second kappa shape index (κ2) is 5.91. The highest BCUT2D eigenvalue weighted by Gasteiger charge is 2.05. The molecule has 1 aromatic carbocycles. The standard InChI is InChI=1S/C16H21NO2/c1-3-13-7-8-15-14(11-13)10-12(2)17(15)9-5-4-6-16(18)19/h7-8,10-11H,3-6,9H2,1-2H3,(H,18,19)/p-1. The Labute approximate surface area is 113 Å². The molecule has 0 aliphatic carbocycles. The highest BCUT2D eigenvalue weighted by molar-refractivity contribution is 5.82. The topological polar surface area (TPSA) is 45.1 Å². The Morgan fingerprint density at radius 3 is 2.74 bits per heavy atom. The molecule has 0 saturated carbocycles. The maximum atomic E-state index is 10.4. The van der Waals surface area contributed by atoms with Crippen LogP contribution in [0.25, 0.3) is 10.9 Å². The van der Waals surface area contributed by atoms with Gasteiger partial charge in [0.1, 0.15) is 0 Å². The Morgan fingerprint density at radius 2 is 2.05 bits per heavy atom. The molecule has 2 rings (SSSR count). The van der Waals surface area contributed by atoms with Crippen LogP contribution in [0.4, 0.5) is 0 Å². The zero-order valence-electron chi connectivity index (χ0n) is 11.6. The smallest absolute Gasteiger partial charge is 0.0482 e. The van der Waals surface area contributed by atoms with Gasteiger partial charge in [-0.25, -0.2) is 0 Å². The number of carboxylic acid groups (broad SMARTS) is 1. The fourth-order valence-electron chi connectivity index (χ4n) is 2.51. The second-order valence-corrected chi connectivity index (χ2v) is 5.01. The molecule has 1 heterocycles. The summed E-state index contributed by atoms with van der Waals surface area (Å²) in [5, 5.41) is 11.7. The van der Waals surface area contributed by atoms with Gasteiger partial charge in [-0.2, -0.15) is 0 Å². The molecule has 0 bridgehead atoms. The van der Waals surface area contributed by atoms with Crippen LogP contribution in [0.15, 0.2) is 24.3 Å². The number of aromatic nitrogens is 1. The number of benzene rings is 1. The molecule has 0 aliphatic rings. The number of rotatable bonds is 6. The van der Waals surface area contributed by atoms with Gasteiger partial charge < -0.3 is 14.5 Å². The molecule has 0 aliphatic heterocycles. The molecule has 0 atom stereocenters. The maximum absolute atomic E-state index is 10.4. The number of carbonyl (C=O) groups excluding carboxylic acids is 1. The summed E-state index contributed by atoms with van der Waals surface area (Å²) in [4.78, 5) is 10.4. The van der Waals surface area contributed by atoms with E-state index in [1.807, 2.05) is 0 Å². The van der Waals surface area contributed by atoms with E-state index in [0.29, 0.717) is 6.42 Å². The molecule has 102 valence electrons. The number of carboxylic acids is 1. The van der Waals surface area contributed by atoms with Gasteiger partial charge in [0.25, 0.3) is 0 Å². The molecular weight excluding hydrogens is 238 g/mol. The first-order valence-electron chi connectivity index (χ1n) is 6.90. The average Bonchev–Trinajstić information content (AvgIpc) is 2.69. The van der Waals surface area contributed by atoms with Gasteiger partial charge in [-0.15, -0.1) is 0 Å². The summed E-state index contributed by atoms with van der Waals surface area (Å²) >= 11 is 0. The quantitative estimate of drug-likeness (QED) is 0.747. The molecule has 0 unspecified atom stereocenters. The summed E-state index contributed by atoms with van der Waals surface area (Å²) in [6.07, 6.45) is 2.74. The monoisotopic (exact) mass is 258 g/mol. The molecule has 0 N–H and O–H groups in total. The van der Waals surface area contributed by atoms with Crippen LogP contribution in [0.5, 0.6) is 0 Å². The van der Waals surface area contributed by atoms with Crippen molar-refractivity contribution >= 4 is 16.9 Å². The summed E-state index contributed by atoms with van der Waals surface area (Å²) in [5.41, 5.74) is 3.82. The fourth-order valence-corrected chi connectivity index (χ4v) is 2.51. The molecule has 0 saturated heterocycles. The van der Waals surface area contributed by atoms with Crippen molar-refractivity contribution in [2.24, 2.45) is 0 Å². The second-order valence-electron chi connectivity index (χ2n) is 5.01. The first-order valence-corrected chi connectivity index (χ1v) is 6.90. The van der Waals surface area contributed by atoms with E-state index in [4.69, 9.17) is 0 Å². The highest BCUT2D eigenvalue weighted by atomic mass is 16.4. The predicted molar refractivity (Wildman–Crippen MR) is 74.9 cm³/mol. The van der Waals surface area contributed by atoms with Gasteiger partial charge in [0.15, 0.2) is 0 Å². The third-order valence-corrected chi connectivity index (χ3v) is 3.59. The number of aryl methyl sites for hydroxylation is 3. The van der Waals surface area contributed by atoms with Gasteiger partial charge >= 0.3 is 0 Å². The SMILES string of the molecule is CCc1ccc2c(c1)cc(C)n2CCCCC(=O)[O-]. The third-order valence-electron chi connectivity index (χ3n) is 3.59. The zero-order chi connectivity index (χ0) is 13.8. The Balaban J connectivity index is 2.14. The van der Waals surface area contributed by atoms with Crippen molar-refractivity contribution in [3.63, 3.8) is 0 Å². The Kier molecular flexibility index (Phi) is 4.25. The van der Waals surface area contributed by atoms with E-state index in [1.54, 1.807) is 0 Å². The van der Waals surface area contributed by atoms with Crippen LogP contribution in [0.1, 0.15) is 37.4 Å². The number of unbranched alkanes of at least 4 members (excludes halogenated alkanes) is 1. The van der Waals surface area contributed by atoms with E-state index in [2.05, 4.69) is 42.7 Å². The molecule has 3 nitrogen and oxygen atoms in total. The molecule has 3 heteroatoms. The van der Waals surface area contributed by atoms with Crippen LogP contribution in [0, 0.1) is 6.92 Å². The normalized spacial score (nSPS) is 11.1. The summed E-state index contributed by atoms with van der Waals surface area (Å²) in [5.74, 6) is -0.957. The van der Waals surface area contributed by atoms with E-state index in [0.717, 1.165) is 19.4 Å². The van der Waals surface area contributed by atoms with E-state index in [1.165, 1.54) is 22.2 Å². The molecule has 0 amide bonds. The van der Waals surface area contributed by atoms with Crippen molar-refractivity contribution in [1.82, 2.24) is 4.57 Å². The molecule has 0 radical (unpaired) electrons. The number of aliphatic carboxylic acids is 1. The summed E-state index contributed by atoms with van der Waals surface area (Å²) in [6, 6.07) is 8.77. The minimum atomic E-state index is -0.957. The highest BCUT2D eigenvalue weighted by Crippen LogP contribution is 2.22. The first-order chi connectivity index (χ1) is 9.11. The lowest BCUT2D eigenvalue weighted by Gasteiger charge is -2.09. The fraction of sp³-hybridized carbons (Fsp3) is 0.438. The van der Waals surface area contributed by atoms with Crippen LogP contribution < -0.4 is 5.11 Å². The van der Waals surface area contributed by atoms with Gasteiger partial charge in [0, 0.05) is 29.1 Å². The number of fused-ring (bicyclic) bond motifs is 1. The van der Waals surface area contributed by atoms with Crippen molar-refractivity contribution in [1.29, 1.82) is 0 Å². The number of nitrogens with zero attached hydrogens (tertiary/aromatic N) is 1. The van der Waals surface area contributed by atoms with Gasteiger partial charge in [0.05, 0.1) is 0 Å². The van der Waals surface area contributed by atoms with Crippen LogP contribution in [-0.2, 0) is 17.8 Å². The molecular formula is C16H20NO2-. The lowest BCUT2D eigenvalue weighted by molar-refractivity contribution is -0.305. The maximum Gasteiger partial charge on any atom is 0.0482 e. The van der Waals surface area contributed by atoms with E-state index in [-0.39, 0.29) is 6.42 Å². The Hall–Kier alpha value is -1.77. The molecule has 2 aromatic rings. The number of carbonyl (C=O) groups is 1. The van der Waals surface area contributed by atoms with Crippen LogP contribution in [0.3, 0.4) is 0 Å². The minimum Gasteiger partial charge on any atom is -0.550 e. The van der Waals surface area contributed by atoms with Crippen LogP contribution >= 0.6 is 0 Å². The van der Waals surface area contributed by atoms with Crippen molar-refractivity contribution in [2.75, 3.05) is 0 Å². The Morgan fingerprint density at radius 1 is 1.26 bits per heavy atom. The molecule has 0 spiro atoms. The Bertz CT molecular complexity index is 584. The average molecular weight is 258 g/mol. The van der Waals surface area contributed by atoms with E-state index >= 15 is 0 Å². The molecule has 0 fully saturated rings. The van der Waals surface area contributed by atoms with Crippen molar-refractivity contribution in [3.8, 4) is 0 Å². The largest absolute Gasteiger partial charge is 0.550 e. The summed E-state index contributed by atoms with van der Waals surface area (Å²) in [6.45, 7) is 5.13. The van der Waals surface area contributed by atoms with Gasteiger partial charge in [-0.3, -0.25) is 0 Å². The van der Waals surface area contributed by atoms with Gasteiger partial charge in [-0.1, -0.05) is 13.0 Å². The summed E-state index contributed by atoms with van der Waals surface area (Å²) < 4.78 is 2.27. The van der Waals surface area contributed by atoms with Crippen LogP contribution in [0.2, 0.25) is 0 Å². The van der Waals surface area contributed by atoms with Crippen molar-refractivity contribution in [2.45, 2.75) is 46.1 Å². The summed E-state index contributed by atoms with van der Waals surface area (Å²) in [7, 11) is 0. The zero-order valence-corrected chi connectivity index (χ0v) is 11.6. The predicted octanol–water partition coefficient (Wildman–Crippen LogP) is 2.43. The van der Waals surface area contributed by atoms with E-state index < -0.39 is 5.97 Å². The lowest BCUT2D eigenvalue weighted by Crippen LogP contribution is -2.21. The first kappa shape index (κ1) is 13.7. The van der Waals surface area contributed by atoms with Crippen LogP contribution in [-0.4, -0.2) is 10.5 Å². The van der Waals surface area contributed by atoms with Gasteiger partial charge in [0.2, 0.25) is 0 Å². The number of hydrogen-bond acceptors (Lipinski definition) is 2. The minimum absolute atomic E-state index is 0.151. The van der Waals surface area contributed by atoms with Crippen molar-refractivity contribution in [3.05, 3.63) is 35.5 Å².